The van der Waals surface area contributed by atoms with Gasteiger partial charge in [0.1, 0.15) is 11.9 Å². The number of fused-ring (bicyclic) bond motifs is 1. The third-order valence-corrected chi connectivity index (χ3v) is 8.08. The van der Waals surface area contributed by atoms with Gasteiger partial charge in [-0.15, -0.1) is 0 Å². The Morgan fingerprint density at radius 3 is 2.32 bits per heavy atom. The molecule has 3 atom stereocenters. The van der Waals surface area contributed by atoms with E-state index in [0.717, 1.165) is 27.9 Å². The SMILES string of the molecule is CC[C@H](C)[C@H](NC(=O)CCCNc1cc(C)ccn1)C(=O)N[C@@H](CC(=O)O)c1ccc(-c2ccc(C)c3ccccc23)cc1. The molecular weight excluding hydrogens is 552 g/mol. The number of benzene rings is 3. The van der Waals surface area contributed by atoms with Crippen molar-refractivity contribution in [1.82, 2.24) is 15.6 Å². The Balaban J connectivity index is 1.43. The van der Waals surface area contributed by atoms with Crippen molar-refractivity contribution in [2.75, 3.05) is 11.9 Å². The molecule has 0 spiro atoms. The molecule has 4 N–H and O–H groups in total. The van der Waals surface area contributed by atoms with Crippen molar-refractivity contribution in [1.29, 1.82) is 0 Å². The van der Waals surface area contributed by atoms with Gasteiger partial charge in [0.05, 0.1) is 12.5 Å². The van der Waals surface area contributed by atoms with E-state index in [1.54, 1.807) is 6.20 Å². The number of carboxylic acids is 1. The van der Waals surface area contributed by atoms with Crippen LogP contribution in [0.15, 0.2) is 79.0 Å². The number of carbonyl (C=O) groups excluding carboxylic acids is 2. The van der Waals surface area contributed by atoms with Gasteiger partial charge in [0.15, 0.2) is 0 Å². The van der Waals surface area contributed by atoms with Crippen molar-refractivity contribution in [3.63, 3.8) is 0 Å². The first kappa shape index (κ1) is 32.2. The van der Waals surface area contributed by atoms with Crippen molar-refractivity contribution in [3.05, 3.63) is 95.7 Å². The summed E-state index contributed by atoms with van der Waals surface area (Å²) in [6.07, 6.45) is 2.94. The average Bonchev–Trinajstić information content (AvgIpc) is 3.01. The largest absolute Gasteiger partial charge is 0.481 e. The number of hydrogen-bond donors (Lipinski definition) is 4. The number of nitrogens with zero attached hydrogens (tertiary/aromatic N) is 1. The average molecular weight is 595 g/mol. The van der Waals surface area contributed by atoms with E-state index in [2.05, 4.69) is 52.1 Å². The van der Waals surface area contributed by atoms with Gasteiger partial charge in [-0.05, 0) is 76.9 Å². The normalized spacial score (nSPS) is 13.1. The van der Waals surface area contributed by atoms with Crippen LogP contribution in [-0.4, -0.2) is 40.5 Å². The molecule has 4 aromatic rings. The molecule has 2 amide bonds. The first-order chi connectivity index (χ1) is 21.2. The Hall–Kier alpha value is -4.72. The van der Waals surface area contributed by atoms with E-state index in [9.17, 15) is 19.5 Å². The smallest absolute Gasteiger partial charge is 0.305 e. The Kier molecular flexibility index (Phi) is 11.1. The van der Waals surface area contributed by atoms with Crippen LogP contribution >= 0.6 is 0 Å². The predicted molar refractivity (Wildman–Crippen MR) is 175 cm³/mol. The molecule has 44 heavy (non-hydrogen) atoms. The van der Waals surface area contributed by atoms with Crippen LogP contribution < -0.4 is 16.0 Å². The summed E-state index contributed by atoms with van der Waals surface area (Å²) >= 11 is 0. The molecular formula is C36H42N4O4. The molecule has 8 nitrogen and oxygen atoms in total. The van der Waals surface area contributed by atoms with Crippen molar-refractivity contribution in [2.45, 2.75) is 65.5 Å². The molecule has 0 fully saturated rings. The lowest BCUT2D eigenvalue weighted by molar-refractivity contribution is -0.138. The number of carboxylic acid groups (broad SMARTS) is 1. The Labute approximate surface area is 259 Å². The van der Waals surface area contributed by atoms with Gasteiger partial charge in [-0.3, -0.25) is 14.4 Å². The number of pyridine rings is 1. The first-order valence-corrected chi connectivity index (χ1v) is 15.2. The van der Waals surface area contributed by atoms with Gasteiger partial charge in [-0.1, -0.05) is 80.9 Å². The van der Waals surface area contributed by atoms with Crippen molar-refractivity contribution in [3.8, 4) is 11.1 Å². The number of amides is 2. The second-order valence-corrected chi connectivity index (χ2v) is 11.4. The third-order valence-electron chi connectivity index (χ3n) is 8.08. The van der Waals surface area contributed by atoms with E-state index in [1.807, 2.05) is 69.3 Å². The number of aliphatic carboxylic acids is 1. The van der Waals surface area contributed by atoms with E-state index < -0.39 is 24.0 Å². The lowest BCUT2D eigenvalue weighted by atomic mass is 9.93. The highest BCUT2D eigenvalue weighted by atomic mass is 16.4. The van der Waals surface area contributed by atoms with Gasteiger partial charge >= 0.3 is 5.97 Å². The fraction of sp³-hybridized carbons (Fsp3) is 0.333. The summed E-state index contributed by atoms with van der Waals surface area (Å²) in [5, 5.41) is 21.0. The van der Waals surface area contributed by atoms with Gasteiger partial charge in [0.2, 0.25) is 11.8 Å². The zero-order valence-corrected chi connectivity index (χ0v) is 25.9. The topological polar surface area (TPSA) is 120 Å². The molecule has 0 aliphatic heterocycles. The van der Waals surface area contributed by atoms with Crippen LogP contribution in [0.4, 0.5) is 5.82 Å². The molecule has 1 aromatic heterocycles. The summed E-state index contributed by atoms with van der Waals surface area (Å²) in [5.74, 6) is -1.03. The fourth-order valence-corrected chi connectivity index (χ4v) is 5.33. The van der Waals surface area contributed by atoms with Crippen molar-refractivity contribution < 1.29 is 19.5 Å². The highest BCUT2D eigenvalue weighted by molar-refractivity contribution is 5.98. The van der Waals surface area contributed by atoms with Gasteiger partial charge in [-0.25, -0.2) is 4.98 Å². The molecule has 0 aliphatic carbocycles. The fourth-order valence-electron chi connectivity index (χ4n) is 5.33. The maximum absolute atomic E-state index is 13.5. The standard InChI is InChI=1S/C36H42N4O4/c1-5-24(3)35(40-33(41)11-8-19-37-32-21-23(2)18-20-38-32)36(44)39-31(22-34(42)43)27-15-13-26(14-16-27)29-17-12-25(4)28-9-6-7-10-30(28)29/h6-7,9-10,12-18,20-21,24,31,35H,5,8,11,19,22H2,1-4H3,(H,37,38)(H,39,44)(H,40,41)(H,42,43)/t24-,31-,35-/m0/s1. The lowest BCUT2D eigenvalue weighted by Crippen LogP contribution is -2.51. The van der Waals surface area contributed by atoms with Crippen LogP contribution in [0.2, 0.25) is 0 Å². The minimum atomic E-state index is -1.02. The summed E-state index contributed by atoms with van der Waals surface area (Å²) < 4.78 is 0. The quantitative estimate of drug-likeness (QED) is 0.123. The van der Waals surface area contributed by atoms with Crippen molar-refractivity contribution >= 4 is 34.4 Å². The molecule has 0 bridgehead atoms. The number of aromatic nitrogens is 1. The minimum absolute atomic E-state index is 0.142. The Bertz CT molecular complexity index is 1600. The maximum Gasteiger partial charge on any atom is 0.305 e. The predicted octanol–water partition coefficient (Wildman–Crippen LogP) is 6.57. The molecule has 8 heteroatoms. The van der Waals surface area contributed by atoms with Crippen LogP contribution in [0.1, 0.15) is 62.3 Å². The first-order valence-electron chi connectivity index (χ1n) is 15.2. The van der Waals surface area contributed by atoms with Crippen LogP contribution in [0.25, 0.3) is 21.9 Å². The molecule has 230 valence electrons. The lowest BCUT2D eigenvalue weighted by Gasteiger charge is -2.26. The molecule has 0 saturated carbocycles. The summed E-state index contributed by atoms with van der Waals surface area (Å²) in [7, 11) is 0. The minimum Gasteiger partial charge on any atom is -0.481 e. The van der Waals surface area contributed by atoms with Crippen molar-refractivity contribution in [2.24, 2.45) is 5.92 Å². The van der Waals surface area contributed by atoms with E-state index >= 15 is 0 Å². The summed E-state index contributed by atoms with van der Waals surface area (Å²) in [4.78, 5) is 42.4. The van der Waals surface area contributed by atoms with Gasteiger partial charge < -0.3 is 21.1 Å². The zero-order valence-electron chi connectivity index (χ0n) is 25.9. The summed E-state index contributed by atoms with van der Waals surface area (Å²) in [6.45, 7) is 8.51. The van der Waals surface area contributed by atoms with Gasteiger partial charge in [0, 0.05) is 19.2 Å². The van der Waals surface area contributed by atoms with Crippen LogP contribution in [0, 0.1) is 19.8 Å². The van der Waals surface area contributed by atoms with Gasteiger partial charge in [0.25, 0.3) is 0 Å². The number of anilines is 1. The summed E-state index contributed by atoms with van der Waals surface area (Å²) in [6, 6.07) is 22.4. The number of hydrogen-bond acceptors (Lipinski definition) is 5. The van der Waals surface area contributed by atoms with E-state index in [0.29, 0.717) is 24.9 Å². The Morgan fingerprint density at radius 1 is 0.909 bits per heavy atom. The molecule has 1 heterocycles. The Morgan fingerprint density at radius 2 is 1.64 bits per heavy atom. The second kappa shape index (κ2) is 15.1. The van der Waals surface area contributed by atoms with E-state index in [4.69, 9.17) is 0 Å². The molecule has 0 saturated heterocycles. The van der Waals surface area contributed by atoms with E-state index in [-0.39, 0.29) is 24.7 Å². The molecule has 0 unspecified atom stereocenters. The highest BCUT2D eigenvalue weighted by Gasteiger charge is 2.29. The second-order valence-electron chi connectivity index (χ2n) is 11.4. The van der Waals surface area contributed by atoms with Gasteiger partial charge in [-0.2, -0.15) is 0 Å². The number of carbonyl (C=O) groups is 3. The van der Waals surface area contributed by atoms with E-state index in [1.165, 1.54) is 10.9 Å². The molecule has 0 radical (unpaired) electrons. The molecule has 4 rings (SSSR count). The maximum atomic E-state index is 13.5. The molecule has 3 aromatic carbocycles. The number of rotatable bonds is 14. The summed E-state index contributed by atoms with van der Waals surface area (Å²) in [5.41, 5.74) is 5.07. The van der Waals surface area contributed by atoms with Crippen LogP contribution in [0.5, 0.6) is 0 Å². The van der Waals surface area contributed by atoms with Crippen LogP contribution in [-0.2, 0) is 14.4 Å². The zero-order chi connectivity index (χ0) is 31.6. The number of nitrogens with one attached hydrogen (secondary N) is 3. The third kappa shape index (κ3) is 8.43. The monoisotopic (exact) mass is 594 g/mol. The van der Waals surface area contributed by atoms with Crippen LogP contribution in [0.3, 0.4) is 0 Å². The number of aryl methyl sites for hydroxylation is 2. The molecule has 0 aliphatic rings. The highest BCUT2D eigenvalue weighted by Crippen LogP contribution is 2.31.